The van der Waals surface area contributed by atoms with Crippen molar-refractivity contribution in [2.75, 3.05) is 32.0 Å². The summed E-state index contributed by atoms with van der Waals surface area (Å²) in [5.74, 6) is 1.92. The third-order valence-electron chi connectivity index (χ3n) is 6.98. The van der Waals surface area contributed by atoms with Crippen LogP contribution in [0.1, 0.15) is 42.0 Å². The molecular weight excluding hydrogens is 416 g/mol. The van der Waals surface area contributed by atoms with Crippen molar-refractivity contribution in [3.8, 4) is 0 Å². The molecule has 0 spiro atoms. The Morgan fingerprint density at radius 3 is 2.76 bits per heavy atom. The second kappa shape index (κ2) is 8.50. The van der Waals surface area contributed by atoms with Gasteiger partial charge in [-0.25, -0.2) is 9.97 Å². The summed E-state index contributed by atoms with van der Waals surface area (Å²) in [6, 6.07) is 10.3. The summed E-state index contributed by atoms with van der Waals surface area (Å²) in [5, 5.41) is 4.35. The molecule has 3 aromatic rings. The molecular formula is C25H30N6O2. The van der Waals surface area contributed by atoms with E-state index in [1.165, 1.54) is 0 Å². The van der Waals surface area contributed by atoms with E-state index in [0.717, 1.165) is 58.9 Å². The molecule has 1 unspecified atom stereocenters. The monoisotopic (exact) mass is 446 g/mol. The number of aromatic nitrogens is 3. The van der Waals surface area contributed by atoms with E-state index in [0.29, 0.717) is 26.2 Å². The van der Waals surface area contributed by atoms with E-state index in [-0.39, 0.29) is 17.7 Å². The van der Waals surface area contributed by atoms with Crippen LogP contribution in [0.15, 0.2) is 30.3 Å². The van der Waals surface area contributed by atoms with Crippen molar-refractivity contribution in [1.82, 2.24) is 24.3 Å². The van der Waals surface area contributed by atoms with Crippen molar-refractivity contribution in [3.63, 3.8) is 0 Å². The number of rotatable bonds is 4. The van der Waals surface area contributed by atoms with Crippen molar-refractivity contribution in [1.29, 1.82) is 0 Å². The van der Waals surface area contributed by atoms with E-state index in [1.807, 2.05) is 35.9 Å². The molecule has 8 nitrogen and oxygen atoms in total. The molecule has 1 N–H and O–H groups in total. The van der Waals surface area contributed by atoms with Gasteiger partial charge in [0.05, 0.1) is 12.2 Å². The number of para-hydroxylation sites is 1. The summed E-state index contributed by atoms with van der Waals surface area (Å²) in [5.41, 5.74) is 4.21. The maximum absolute atomic E-state index is 13.2. The quantitative estimate of drug-likeness (QED) is 0.666. The van der Waals surface area contributed by atoms with E-state index in [2.05, 4.69) is 28.1 Å². The first-order chi connectivity index (χ1) is 15.9. The first-order valence-corrected chi connectivity index (χ1v) is 11.6. The molecule has 4 heterocycles. The van der Waals surface area contributed by atoms with Crippen LogP contribution >= 0.6 is 0 Å². The van der Waals surface area contributed by atoms with Gasteiger partial charge in [0.25, 0.3) is 0 Å². The molecule has 0 saturated carbocycles. The van der Waals surface area contributed by atoms with Crippen LogP contribution in [0.2, 0.25) is 0 Å². The number of carbonyl (C=O) groups is 2. The molecule has 33 heavy (non-hydrogen) atoms. The summed E-state index contributed by atoms with van der Waals surface area (Å²) in [6.07, 6.45) is 1.59. The van der Waals surface area contributed by atoms with Crippen LogP contribution in [-0.4, -0.2) is 62.8 Å². The van der Waals surface area contributed by atoms with E-state index < -0.39 is 0 Å². The lowest BCUT2D eigenvalue weighted by Gasteiger charge is -2.29. The maximum atomic E-state index is 13.2. The molecule has 1 aromatic carbocycles. The van der Waals surface area contributed by atoms with Crippen molar-refractivity contribution >= 4 is 28.5 Å². The van der Waals surface area contributed by atoms with Crippen LogP contribution in [0.4, 0.5) is 5.82 Å². The largest absolute Gasteiger partial charge is 0.373 e. The molecule has 2 aromatic heterocycles. The summed E-state index contributed by atoms with van der Waals surface area (Å²) in [4.78, 5) is 38.4. The lowest BCUT2D eigenvalue weighted by atomic mass is 10.0. The van der Waals surface area contributed by atoms with E-state index in [1.54, 1.807) is 6.92 Å². The zero-order chi connectivity index (χ0) is 23.1. The maximum Gasteiger partial charge on any atom is 0.242 e. The van der Waals surface area contributed by atoms with Crippen LogP contribution in [0.25, 0.3) is 10.9 Å². The van der Waals surface area contributed by atoms with Crippen LogP contribution in [0, 0.1) is 6.92 Å². The molecule has 1 saturated heterocycles. The molecule has 1 atom stereocenters. The minimum absolute atomic E-state index is 0.0717. The van der Waals surface area contributed by atoms with Crippen molar-refractivity contribution in [3.05, 3.63) is 53.1 Å². The number of benzene rings is 1. The highest BCUT2D eigenvalue weighted by Crippen LogP contribution is 2.30. The molecule has 1 fully saturated rings. The third-order valence-corrected chi connectivity index (χ3v) is 6.98. The Morgan fingerprint density at radius 2 is 1.97 bits per heavy atom. The number of aryl methyl sites for hydroxylation is 1. The van der Waals surface area contributed by atoms with Gasteiger partial charge in [0.2, 0.25) is 11.8 Å². The van der Waals surface area contributed by atoms with Gasteiger partial charge in [-0.1, -0.05) is 18.2 Å². The molecule has 5 rings (SSSR count). The SMILES string of the molecule is CNc1nc(C2CCN(C(=O)Cn3c(C)cc4ccccc43)C2)nc2c1CN(C(C)=O)CC2. The molecule has 8 heteroatoms. The minimum atomic E-state index is 0.0717. The van der Waals surface area contributed by atoms with E-state index >= 15 is 0 Å². The van der Waals surface area contributed by atoms with Crippen molar-refractivity contribution in [2.24, 2.45) is 0 Å². The Hall–Kier alpha value is -3.42. The summed E-state index contributed by atoms with van der Waals surface area (Å²) >= 11 is 0. The van der Waals surface area contributed by atoms with Crippen molar-refractivity contribution < 1.29 is 9.59 Å². The lowest BCUT2D eigenvalue weighted by Crippen LogP contribution is -2.36. The van der Waals surface area contributed by atoms with Gasteiger partial charge in [0, 0.05) is 62.7 Å². The van der Waals surface area contributed by atoms with Gasteiger partial charge in [-0.3, -0.25) is 9.59 Å². The van der Waals surface area contributed by atoms with Gasteiger partial charge in [-0.15, -0.1) is 0 Å². The normalized spacial score (nSPS) is 18.0. The minimum Gasteiger partial charge on any atom is -0.373 e. The standard InChI is InChI=1S/C25H30N6O2/c1-16-12-18-6-4-5-7-22(18)31(16)15-23(33)30-10-8-19(13-30)24-27-21-9-11-29(17(2)32)14-20(21)25(26-3)28-24/h4-7,12,19H,8-11,13-15H2,1-3H3,(H,26,27,28). The van der Waals surface area contributed by atoms with Crippen molar-refractivity contribution in [2.45, 2.75) is 45.7 Å². The number of likely N-dealkylation sites (tertiary alicyclic amines) is 1. The van der Waals surface area contributed by atoms with E-state index in [9.17, 15) is 9.59 Å². The summed E-state index contributed by atoms with van der Waals surface area (Å²) < 4.78 is 2.10. The number of amides is 2. The predicted octanol–water partition coefficient (Wildman–Crippen LogP) is 2.70. The topological polar surface area (TPSA) is 83.4 Å². The lowest BCUT2D eigenvalue weighted by molar-refractivity contribution is -0.131. The highest BCUT2D eigenvalue weighted by molar-refractivity contribution is 5.84. The average Bonchev–Trinajstić information content (AvgIpc) is 3.43. The predicted molar refractivity (Wildman–Crippen MR) is 127 cm³/mol. The molecule has 2 amide bonds. The second-order valence-electron chi connectivity index (χ2n) is 9.05. The van der Waals surface area contributed by atoms with E-state index in [4.69, 9.17) is 9.97 Å². The van der Waals surface area contributed by atoms with Gasteiger partial charge < -0.3 is 19.7 Å². The molecule has 2 aliphatic heterocycles. The summed E-state index contributed by atoms with van der Waals surface area (Å²) in [6.45, 7) is 6.57. The smallest absolute Gasteiger partial charge is 0.242 e. The fourth-order valence-electron chi connectivity index (χ4n) is 5.08. The fraction of sp³-hybridized carbons (Fsp3) is 0.440. The number of anilines is 1. The Bertz CT molecular complexity index is 1220. The van der Waals surface area contributed by atoms with Crippen LogP contribution in [-0.2, 0) is 29.1 Å². The molecule has 2 aliphatic rings. The number of fused-ring (bicyclic) bond motifs is 2. The first-order valence-electron chi connectivity index (χ1n) is 11.6. The first kappa shape index (κ1) is 21.4. The number of carbonyl (C=O) groups excluding carboxylic acids is 2. The van der Waals surface area contributed by atoms with Gasteiger partial charge in [0.15, 0.2) is 0 Å². The molecule has 0 radical (unpaired) electrons. The number of nitrogens with one attached hydrogen (secondary N) is 1. The van der Waals surface area contributed by atoms with Crippen LogP contribution in [0.3, 0.4) is 0 Å². The molecule has 0 aliphatic carbocycles. The van der Waals surface area contributed by atoms with Gasteiger partial charge in [-0.2, -0.15) is 0 Å². The molecule has 172 valence electrons. The van der Waals surface area contributed by atoms with Gasteiger partial charge in [-0.05, 0) is 30.9 Å². The third kappa shape index (κ3) is 3.94. The Morgan fingerprint density at radius 1 is 1.15 bits per heavy atom. The van der Waals surface area contributed by atoms with Gasteiger partial charge >= 0.3 is 0 Å². The van der Waals surface area contributed by atoms with Crippen LogP contribution in [0.5, 0.6) is 0 Å². The van der Waals surface area contributed by atoms with Gasteiger partial charge in [0.1, 0.15) is 18.2 Å². The average molecular weight is 447 g/mol. The summed E-state index contributed by atoms with van der Waals surface area (Å²) in [7, 11) is 1.85. The number of nitrogens with zero attached hydrogens (tertiary/aromatic N) is 5. The number of hydrogen-bond donors (Lipinski definition) is 1. The van der Waals surface area contributed by atoms with Crippen LogP contribution < -0.4 is 5.32 Å². The zero-order valence-electron chi connectivity index (χ0n) is 19.5. The zero-order valence-corrected chi connectivity index (χ0v) is 19.5. The Labute approximate surface area is 193 Å². The highest BCUT2D eigenvalue weighted by Gasteiger charge is 2.32. The molecule has 0 bridgehead atoms. The Balaban J connectivity index is 1.32. The highest BCUT2D eigenvalue weighted by atomic mass is 16.2. The Kier molecular flexibility index (Phi) is 5.52. The fourth-order valence-corrected chi connectivity index (χ4v) is 5.08. The number of hydrogen-bond acceptors (Lipinski definition) is 5. The second-order valence-corrected chi connectivity index (χ2v) is 9.05.